The molecule has 6 nitrogen and oxygen atoms in total. The molecule has 0 spiro atoms. The van der Waals surface area contributed by atoms with E-state index in [1.54, 1.807) is 28.8 Å². The molecule has 1 fully saturated rings. The van der Waals surface area contributed by atoms with Crippen molar-refractivity contribution in [3.8, 4) is 0 Å². The first-order valence-electron chi connectivity index (χ1n) is 9.95. The highest BCUT2D eigenvalue weighted by Gasteiger charge is 2.42. The van der Waals surface area contributed by atoms with Gasteiger partial charge in [0.25, 0.3) is 11.8 Å². The highest BCUT2D eigenvalue weighted by Crippen LogP contribution is 2.41. The number of nitrogens with one attached hydrogen (secondary N) is 1. The molecule has 2 heterocycles. The highest BCUT2D eigenvalue weighted by atomic mass is 32.1. The number of nitrogens with zero attached hydrogens (tertiary/aromatic N) is 1. The van der Waals surface area contributed by atoms with Gasteiger partial charge in [0.15, 0.2) is 6.61 Å². The Hall–Kier alpha value is -2.58. The molecule has 1 aliphatic carbocycles. The smallest absolute Gasteiger partial charge is 0.313 e. The lowest BCUT2D eigenvalue weighted by Gasteiger charge is -2.34. The Labute approximate surface area is 182 Å². The number of aromatic nitrogens is 1. The third kappa shape index (κ3) is 4.60. The normalized spacial score (nSPS) is 15.6. The average Bonchev–Trinajstić information content (AvgIpc) is 3.42. The summed E-state index contributed by atoms with van der Waals surface area (Å²) in [4.78, 5) is 42.3. The predicted octanol–water partition coefficient (Wildman–Crippen LogP) is 4.35. The van der Waals surface area contributed by atoms with Crippen molar-refractivity contribution < 1.29 is 19.1 Å². The number of rotatable bonds is 6. The van der Waals surface area contributed by atoms with Crippen LogP contribution in [-0.2, 0) is 20.7 Å². The van der Waals surface area contributed by atoms with Gasteiger partial charge in [-0.05, 0) is 36.4 Å². The summed E-state index contributed by atoms with van der Waals surface area (Å²) >= 11 is 2.84. The number of benzene rings is 1. The van der Waals surface area contributed by atoms with Crippen molar-refractivity contribution in [1.82, 2.24) is 10.3 Å². The summed E-state index contributed by atoms with van der Waals surface area (Å²) in [5, 5.41) is 4.93. The zero-order valence-electron chi connectivity index (χ0n) is 16.4. The monoisotopic (exact) mass is 442 g/mol. The Bertz CT molecular complexity index is 1020. The molecule has 2 amide bonds. The Morgan fingerprint density at radius 3 is 2.60 bits per heavy atom. The predicted molar refractivity (Wildman–Crippen MR) is 117 cm³/mol. The fraction of sp³-hybridized carbons (Fsp3) is 0.364. The number of imide groups is 1. The Kier molecular flexibility index (Phi) is 6.24. The molecule has 30 heavy (non-hydrogen) atoms. The molecule has 156 valence electrons. The van der Waals surface area contributed by atoms with Gasteiger partial charge in [-0.3, -0.25) is 19.7 Å². The second kappa shape index (κ2) is 9.06. The van der Waals surface area contributed by atoms with Gasteiger partial charge in [0.05, 0.1) is 25.5 Å². The van der Waals surface area contributed by atoms with Crippen LogP contribution in [0.3, 0.4) is 0 Å². The molecule has 1 N–H and O–H groups in total. The standard InChI is InChI=1S/C22H22N2O4S2/c25-18(24-20(26)17-9-6-12-29-17)14-28-21(27)22(10-4-1-5-11-22)13-19-23-15-7-2-3-8-16(15)30-19/h2-3,6-9,12H,1,4-5,10-11,13-14H2,(H,24,25,26). The number of esters is 1. The first-order valence-corrected chi connectivity index (χ1v) is 11.6. The van der Waals surface area contributed by atoms with Crippen LogP contribution in [0.25, 0.3) is 10.2 Å². The summed E-state index contributed by atoms with van der Waals surface area (Å²) in [6, 6.07) is 11.3. The zero-order valence-corrected chi connectivity index (χ0v) is 18.0. The lowest BCUT2D eigenvalue weighted by atomic mass is 9.72. The molecule has 0 unspecified atom stereocenters. The van der Waals surface area contributed by atoms with Crippen molar-refractivity contribution in [2.24, 2.45) is 5.41 Å². The summed E-state index contributed by atoms with van der Waals surface area (Å²) in [7, 11) is 0. The second-order valence-electron chi connectivity index (χ2n) is 7.52. The maximum atomic E-state index is 13.1. The molecule has 0 radical (unpaired) electrons. The minimum absolute atomic E-state index is 0.375. The number of hydrogen-bond acceptors (Lipinski definition) is 7. The van der Waals surface area contributed by atoms with E-state index >= 15 is 0 Å². The number of hydrogen-bond donors (Lipinski definition) is 1. The van der Waals surface area contributed by atoms with Gasteiger partial charge in [0, 0.05) is 6.42 Å². The fourth-order valence-corrected chi connectivity index (χ4v) is 5.61. The Morgan fingerprint density at radius 1 is 1.07 bits per heavy atom. The van der Waals surface area contributed by atoms with E-state index in [9.17, 15) is 14.4 Å². The van der Waals surface area contributed by atoms with Crippen molar-refractivity contribution in [3.05, 3.63) is 51.7 Å². The van der Waals surface area contributed by atoms with Crippen LogP contribution >= 0.6 is 22.7 Å². The molecule has 0 atom stereocenters. The number of ether oxygens (including phenoxy) is 1. The molecule has 4 rings (SSSR count). The minimum Gasteiger partial charge on any atom is -0.455 e. The van der Waals surface area contributed by atoms with Crippen molar-refractivity contribution in [2.45, 2.75) is 38.5 Å². The molecule has 1 aliphatic rings. The lowest BCUT2D eigenvalue weighted by Crippen LogP contribution is -2.40. The Balaban J connectivity index is 1.41. The SMILES string of the molecule is O=C(COC(=O)C1(Cc2nc3ccccc3s2)CCCCC1)NC(=O)c1cccs1. The molecular formula is C22H22N2O4S2. The van der Waals surface area contributed by atoms with Gasteiger partial charge in [-0.15, -0.1) is 22.7 Å². The van der Waals surface area contributed by atoms with Gasteiger partial charge in [-0.1, -0.05) is 37.5 Å². The van der Waals surface area contributed by atoms with E-state index in [0.29, 0.717) is 11.3 Å². The second-order valence-corrected chi connectivity index (χ2v) is 9.59. The molecule has 1 aromatic carbocycles. The number of thiophene rings is 1. The van der Waals surface area contributed by atoms with Crippen molar-refractivity contribution in [2.75, 3.05) is 6.61 Å². The third-order valence-electron chi connectivity index (χ3n) is 5.40. The topological polar surface area (TPSA) is 85.4 Å². The first-order chi connectivity index (χ1) is 14.6. The van der Waals surface area contributed by atoms with E-state index < -0.39 is 23.8 Å². The molecule has 8 heteroatoms. The minimum atomic E-state index is -0.663. The van der Waals surface area contributed by atoms with Crippen LogP contribution < -0.4 is 5.32 Å². The third-order valence-corrected chi connectivity index (χ3v) is 7.31. The molecule has 1 saturated carbocycles. The van der Waals surface area contributed by atoms with Gasteiger partial charge < -0.3 is 4.74 Å². The van der Waals surface area contributed by atoms with Gasteiger partial charge in [0.1, 0.15) is 0 Å². The summed E-state index contributed by atoms with van der Waals surface area (Å²) in [6.45, 7) is -0.461. The fourth-order valence-electron chi connectivity index (χ4n) is 3.88. The van der Waals surface area contributed by atoms with Gasteiger partial charge in [0.2, 0.25) is 0 Å². The number of thiazole rings is 1. The van der Waals surface area contributed by atoms with E-state index in [2.05, 4.69) is 10.3 Å². The largest absolute Gasteiger partial charge is 0.455 e. The van der Waals surface area contributed by atoms with Crippen LogP contribution in [0, 0.1) is 5.41 Å². The highest BCUT2D eigenvalue weighted by molar-refractivity contribution is 7.18. The number of carbonyl (C=O) groups is 3. The van der Waals surface area contributed by atoms with Crippen molar-refractivity contribution >= 4 is 50.7 Å². The van der Waals surface area contributed by atoms with E-state index in [0.717, 1.165) is 47.3 Å². The molecule has 2 aromatic heterocycles. The molecular weight excluding hydrogens is 420 g/mol. The van der Waals surface area contributed by atoms with E-state index in [-0.39, 0.29) is 5.97 Å². The lowest BCUT2D eigenvalue weighted by molar-refractivity contribution is -0.161. The number of amides is 2. The summed E-state index contributed by atoms with van der Waals surface area (Å²) in [5.74, 6) is -1.47. The molecule has 0 saturated heterocycles. The van der Waals surface area contributed by atoms with E-state index in [1.165, 1.54) is 11.3 Å². The van der Waals surface area contributed by atoms with Crippen LogP contribution in [0.4, 0.5) is 0 Å². The summed E-state index contributed by atoms with van der Waals surface area (Å²) < 4.78 is 6.48. The first kappa shape index (κ1) is 20.7. The average molecular weight is 443 g/mol. The number of carbonyl (C=O) groups excluding carboxylic acids is 3. The zero-order chi connectivity index (χ0) is 21.0. The van der Waals surface area contributed by atoms with E-state index in [4.69, 9.17) is 4.74 Å². The van der Waals surface area contributed by atoms with Crippen molar-refractivity contribution in [3.63, 3.8) is 0 Å². The number of fused-ring (bicyclic) bond motifs is 1. The quantitative estimate of drug-likeness (QED) is 0.574. The molecule has 0 aliphatic heterocycles. The van der Waals surface area contributed by atoms with Crippen LogP contribution in [0.5, 0.6) is 0 Å². The maximum Gasteiger partial charge on any atom is 0.313 e. The summed E-state index contributed by atoms with van der Waals surface area (Å²) in [5.41, 5.74) is 0.271. The van der Waals surface area contributed by atoms with Gasteiger partial charge in [-0.25, -0.2) is 4.98 Å². The van der Waals surface area contributed by atoms with Crippen LogP contribution in [0.1, 0.15) is 46.8 Å². The molecule has 0 bridgehead atoms. The van der Waals surface area contributed by atoms with Crippen LogP contribution in [-0.4, -0.2) is 29.4 Å². The molecule has 3 aromatic rings. The van der Waals surface area contributed by atoms with Gasteiger partial charge >= 0.3 is 5.97 Å². The maximum absolute atomic E-state index is 13.1. The number of para-hydroxylation sites is 1. The van der Waals surface area contributed by atoms with Crippen LogP contribution in [0.15, 0.2) is 41.8 Å². The Morgan fingerprint density at radius 2 is 1.87 bits per heavy atom. The van der Waals surface area contributed by atoms with Crippen LogP contribution in [0.2, 0.25) is 0 Å². The summed E-state index contributed by atoms with van der Waals surface area (Å²) in [6.07, 6.45) is 4.94. The van der Waals surface area contributed by atoms with Crippen molar-refractivity contribution in [1.29, 1.82) is 0 Å². The van der Waals surface area contributed by atoms with E-state index in [1.807, 2.05) is 24.3 Å². The van der Waals surface area contributed by atoms with Gasteiger partial charge in [-0.2, -0.15) is 0 Å².